The first-order chi connectivity index (χ1) is 8.20. The average molecular weight is 240 g/mol. The second-order valence-electron chi connectivity index (χ2n) is 5.89. The monoisotopic (exact) mass is 240 g/mol. The molecule has 100 valence electrons. The fourth-order valence-corrected chi connectivity index (χ4v) is 3.43. The van der Waals surface area contributed by atoms with Crippen LogP contribution in [0.5, 0.6) is 0 Å². The van der Waals surface area contributed by atoms with Crippen LogP contribution in [0.4, 0.5) is 0 Å². The Kier molecular flexibility index (Phi) is 4.83. The summed E-state index contributed by atoms with van der Waals surface area (Å²) < 4.78 is 0. The third-order valence-corrected chi connectivity index (χ3v) is 4.60. The van der Waals surface area contributed by atoms with E-state index in [-0.39, 0.29) is 6.10 Å². The van der Waals surface area contributed by atoms with Gasteiger partial charge in [-0.15, -0.1) is 0 Å². The lowest BCUT2D eigenvalue weighted by atomic mass is 9.87. The summed E-state index contributed by atoms with van der Waals surface area (Å²) in [6, 6.07) is 1.53. The van der Waals surface area contributed by atoms with Crippen LogP contribution in [0, 0.1) is 5.92 Å². The van der Waals surface area contributed by atoms with Crippen molar-refractivity contribution in [2.75, 3.05) is 19.6 Å². The highest BCUT2D eigenvalue weighted by molar-refractivity contribution is 4.86. The van der Waals surface area contributed by atoms with Gasteiger partial charge in [0.1, 0.15) is 0 Å². The summed E-state index contributed by atoms with van der Waals surface area (Å²) in [5, 5.41) is 13.3. The van der Waals surface area contributed by atoms with Gasteiger partial charge < -0.3 is 10.4 Å². The minimum atomic E-state index is -0.0654. The maximum Gasteiger partial charge on any atom is 0.0590 e. The van der Waals surface area contributed by atoms with E-state index in [1.165, 1.54) is 25.7 Å². The lowest BCUT2D eigenvalue weighted by molar-refractivity contribution is 0.00811. The zero-order chi connectivity index (χ0) is 12.3. The van der Waals surface area contributed by atoms with Crippen LogP contribution >= 0.6 is 0 Å². The Morgan fingerprint density at radius 2 is 1.88 bits per heavy atom. The zero-order valence-corrected chi connectivity index (χ0v) is 11.4. The third kappa shape index (κ3) is 3.43. The molecule has 1 saturated heterocycles. The maximum atomic E-state index is 9.77. The molecule has 1 heterocycles. The van der Waals surface area contributed by atoms with E-state index in [2.05, 4.69) is 24.1 Å². The van der Waals surface area contributed by atoms with Crippen molar-refractivity contribution in [2.24, 2.45) is 5.92 Å². The molecule has 2 N–H and O–H groups in total. The lowest BCUT2D eigenvalue weighted by Gasteiger charge is -2.42. The van der Waals surface area contributed by atoms with Gasteiger partial charge in [0, 0.05) is 25.2 Å². The van der Waals surface area contributed by atoms with Crippen molar-refractivity contribution in [3.63, 3.8) is 0 Å². The van der Waals surface area contributed by atoms with Crippen molar-refractivity contribution >= 4 is 0 Å². The molecule has 0 spiro atoms. The molecule has 0 amide bonds. The van der Waals surface area contributed by atoms with Gasteiger partial charge in [-0.3, -0.25) is 4.90 Å². The molecule has 0 aromatic heterocycles. The fourth-order valence-electron chi connectivity index (χ4n) is 3.43. The second-order valence-corrected chi connectivity index (χ2v) is 5.89. The fraction of sp³-hybridized carbons (Fsp3) is 1.00. The standard InChI is InChI=1S/C14H28N2O/c1-3-15-12-4-6-13(7-5-12)16-9-8-14(17)11(2)10-16/h11-15,17H,3-10H2,1-2H3. The molecule has 3 heteroatoms. The van der Waals surface area contributed by atoms with E-state index in [1.54, 1.807) is 0 Å². The molecule has 17 heavy (non-hydrogen) atoms. The zero-order valence-electron chi connectivity index (χ0n) is 11.4. The smallest absolute Gasteiger partial charge is 0.0590 e. The van der Waals surface area contributed by atoms with Gasteiger partial charge in [0.2, 0.25) is 0 Å². The summed E-state index contributed by atoms with van der Waals surface area (Å²) >= 11 is 0. The molecule has 2 unspecified atom stereocenters. The van der Waals surface area contributed by atoms with E-state index in [9.17, 15) is 5.11 Å². The number of piperidine rings is 1. The van der Waals surface area contributed by atoms with Crippen molar-refractivity contribution in [3.05, 3.63) is 0 Å². The molecule has 3 nitrogen and oxygen atoms in total. The van der Waals surface area contributed by atoms with Gasteiger partial charge in [0.05, 0.1) is 6.10 Å². The molecule has 0 aromatic rings. The molecule has 1 aliphatic carbocycles. The molecular formula is C14H28N2O. The van der Waals surface area contributed by atoms with Crippen molar-refractivity contribution in [1.82, 2.24) is 10.2 Å². The highest BCUT2D eigenvalue weighted by Crippen LogP contribution is 2.27. The second kappa shape index (κ2) is 6.17. The number of hydrogen-bond acceptors (Lipinski definition) is 3. The molecule has 0 aromatic carbocycles. The summed E-state index contributed by atoms with van der Waals surface area (Å²) in [6.45, 7) is 7.67. The van der Waals surface area contributed by atoms with Gasteiger partial charge in [-0.25, -0.2) is 0 Å². The van der Waals surface area contributed by atoms with E-state index < -0.39 is 0 Å². The molecule has 2 aliphatic rings. The number of rotatable bonds is 3. The minimum absolute atomic E-state index is 0.0654. The van der Waals surface area contributed by atoms with E-state index in [0.717, 1.165) is 38.1 Å². The van der Waals surface area contributed by atoms with Crippen LogP contribution in [0.3, 0.4) is 0 Å². The molecular weight excluding hydrogens is 212 g/mol. The largest absolute Gasteiger partial charge is 0.393 e. The highest BCUT2D eigenvalue weighted by Gasteiger charge is 2.31. The molecule has 2 fully saturated rings. The third-order valence-electron chi connectivity index (χ3n) is 4.60. The predicted molar refractivity (Wildman–Crippen MR) is 71.1 cm³/mol. The van der Waals surface area contributed by atoms with Crippen LogP contribution in [0.1, 0.15) is 46.0 Å². The van der Waals surface area contributed by atoms with Gasteiger partial charge >= 0.3 is 0 Å². The number of hydrogen-bond donors (Lipinski definition) is 2. The number of aliphatic hydroxyl groups excluding tert-OH is 1. The van der Waals surface area contributed by atoms with Crippen LogP contribution < -0.4 is 5.32 Å². The average Bonchev–Trinajstić information content (AvgIpc) is 2.34. The SMILES string of the molecule is CCNC1CCC(N2CCC(O)C(C)C2)CC1. The number of likely N-dealkylation sites (tertiary alicyclic amines) is 1. The summed E-state index contributed by atoms with van der Waals surface area (Å²) in [5.41, 5.74) is 0. The lowest BCUT2D eigenvalue weighted by Crippen LogP contribution is -2.49. The van der Waals surface area contributed by atoms with Crippen LogP contribution in [-0.2, 0) is 0 Å². The van der Waals surface area contributed by atoms with Crippen LogP contribution in [0.15, 0.2) is 0 Å². The van der Waals surface area contributed by atoms with Gasteiger partial charge in [-0.2, -0.15) is 0 Å². The number of nitrogens with one attached hydrogen (secondary N) is 1. The first-order valence-electron chi connectivity index (χ1n) is 7.36. The van der Waals surface area contributed by atoms with E-state index in [4.69, 9.17) is 0 Å². The number of aliphatic hydroxyl groups is 1. The summed E-state index contributed by atoms with van der Waals surface area (Å²) in [5.74, 6) is 0.454. The molecule has 1 saturated carbocycles. The molecule has 2 atom stereocenters. The van der Waals surface area contributed by atoms with E-state index in [0.29, 0.717) is 5.92 Å². The summed E-state index contributed by atoms with van der Waals surface area (Å²) in [4.78, 5) is 2.62. The van der Waals surface area contributed by atoms with E-state index in [1.807, 2.05) is 0 Å². The van der Waals surface area contributed by atoms with Crippen molar-refractivity contribution in [3.8, 4) is 0 Å². The number of nitrogens with zero attached hydrogens (tertiary/aromatic N) is 1. The Bertz CT molecular complexity index is 226. The quantitative estimate of drug-likeness (QED) is 0.787. The van der Waals surface area contributed by atoms with Crippen LogP contribution in [0.25, 0.3) is 0 Å². The Morgan fingerprint density at radius 1 is 1.18 bits per heavy atom. The molecule has 2 rings (SSSR count). The van der Waals surface area contributed by atoms with Crippen molar-refractivity contribution in [2.45, 2.75) is 64.1 Å². The Hall–Kier alpha value is -0.120. The van der Waals surface area contributed by atoms with Gasteiger partial charge in [-0.1, -0.05) is 13.8 Å². The maximum absolute atomic E-state index is 9.77. The van der Waals surface area contributed by atoms with Gasteiger partial charge in [0.15, 0.2) is 0 Å². The molecule has 0 bridgehead atoms. The Morgan fingerprint density at radius 3 is 2.47 bits per heavy atom. The van der Waals surface area contributed by atoms with E-state index >= 15 is 0 Å². The first-order valence-corrected chi connectivity index (χ1v) is 7.36. The van der Waals surface area contributed by atoms with Gasteiger partial charge in [-0.05, 0) is 44.6 Å². The van der Waals surface area contributed by atoms with Crippen LogP contribution in [-0.4, -0.2) is 47.8 Å². The topological polar surface area (TPSA) is 35.5 Å². The minimum Gasteiger partial charge on any atom is -0.393 e. The Labute approximate surface area is 106 Å². The molecule has 0 radical (unpaired) electrons. The van der Waals surface area contributed by atoms with Crippen LogP contribution in [0.2, 0.25) is 0 Å². The predicted octanol–water partition coefficient (Wildman–Crippen LogP) is 1.61. The Balaban J connectivity index is 1.77. The molecule has 1 aliphatic heterocycles. The normalized spacial score (nSPS) is 40.4. The first kappa shape index (κ1) is 13.3. The van der Waals surface area contributed by atoms with Crippen molar-refractivity contribution in [1.29, 1.82) is 0 Å². The highest BCUT2D eigenvalue weighted by atomic mass is 16.3. The van der Waals surface area contributed by atoms with Crippen molar-refractivity contribution < 1.29 is 5.11 Å². The van der Waals surface area contributed by atoms with Gasteiger partial charge in [0.25, 0.3) is 0 Å². The summed E-state index contributed by atoms with van der Waals surface area (Å²) in [7, 11) is 0. The summed E-state index contributed by atoms with van der Waals surface area (Å²) in [6.07, 6.45) is 6.22.